The van der Waals surface area contributed by atoms with Crippen LogP contribution in [0.5, 0.6) is 0 Å². The van der Waals surface area contributed by atoms with Gasteiger partial charge in [-0.05, 0) is 38.3 Å². The van der Waals surface area contributed by atoms with Gasteiger partial charge >= 0.3 is 0 Å². The Kier molecular flexibility index (Phi) is 4.63. The number of furan rings is 1. The zero-order chi connectivity index (χ0) is 12.1. The maximum atomic E-state index is 5.43. The lowest BCUT2D eigenvalue weighted by atomic mass is 10.1. The monoisotopic (exact) mass is 236 g/mol. The molecule has 2 heterocycles. The molecule has 2 unspecified atom stereocenters. The Morgan fingerprint density at radius 1 is 1.41 bits per heavy atom. The van der Waals surface area contributed by atoms with Crippen LogP contribution in [0.2, 0.25) is 0 Å². The van der Waals surface area contributed by atoms with E-state index in [0.717, 1.165) is 18.8 Å². The van der Waals surface area contributed by atoms with Gasteiger partial charge in [-0.25, -0.2) is 0 Å². The van der Waals surface area contributed by atoms with Crippen molar-refractivity contribution in [1.82, 2.24) is 10.2 Å². The molecule has 1 aromatic heterocycles. The van der Waals surface area contributed by atoms with Gasteiger partial charge in [0.25, 0.3) is 0 Å². The minimum atomic E-state index is 0.624. The van der Waals surface area contributed by atoms with Gasteiger partial charge in [0, 0.05) is 25.2 Å². The molecule has 0 bridgehead atoms. The Morgan fingerprint density at radius 2 is 2.24 bits per heavy atom. The van der Waals surface area contributed by atoms with Crippen molar-refractivity contribution in [3.05, 3.63) is 24.2 Å². The van der Waals surface area contributed by atoms with Gasteiger partial charge in [0.1, 0.15) is 5.76 Å². The first-order valence-corrected chi connectivity index (χ1v) is 6.78. The minimum absolute atomic E-state index is 0.624. The van der Waals surface area contributed by atoms with Crippen molar-refractivity contribution in [2.75, 3.05) is 13.1 Å². The molecule has 0 spiro atoms. The van der Waals surface area contributed by atoms with Crippen LogP contribution in [-0.2, 0) is 6.54 Å². The van der Waals surface area contributed by atoms with Crippen molar-refractivity contribution in [3.63, 3.8) is 0 Å². The molecule has 1 aliphatic heterocycles. The molecule has 1 saturated heterocycles. The fourth-order valence-electron chi connectivity index (χ4n) is 2.50. The summed E-state index contributed by atoms with van der Waals surface area (Å²) in [4.78, 5) is 2.51. The summed E-state index contributed by atoms with van der Waals surface area (Å²) in [7, 11) is 0. The van der Waals surface area contributed by atoms with E-state index < -0.39 is 0 Å². The predicted octanol–water partition coefficient (Wildman–Crippen LogP) is 2.63. The van der Waals surface area contributed by atoms with Crippen molar-refractivity contribution in [2.45, 2.75) is 51.7 Å². The first-order valence-electron chi connectivity index (χ1n) is 6.78. The fraction of sp³-hybridized carbons (Fsp3) is 0.714. The van der Waals surface area contributed by atoms with Gasteiger partial charge in [0.15, 0.2) is 0 Å². The van der Waals surface area contributed by atoms with Crippen molar-refractivity contribution in [2.24, 2.45) is 0 Å². The largest absolute Gasteiger partial charge is 0.468 e. The van der Waals surface area contributed by atoms with Gasteiger partial charge in [-0.1, -0.05) is 6.92 Å². The van der Waals surface area contributed by atoms with E-state index in [1.54, 1.807) is 6.26 Å². The Labute approximate surface area is 104 Å². The lowest BCUT2D eigenvalue weighted by molar-refractivity contribution is 0.194. The van der Waals surface area contributed by atoms with E-state index >= 15 is 0 Å². The fourth-order valence-corrected chi connectivity index (χ4v) is 2.50. The van der Waals surface area contributed by atoms with Crippen molar-refractivity contribution in [3.8, 4) is 0 Å². The molecule has 0 radical (unpaired) electrons. The highest BCUT2D eigenvalue weighted by Crippen LogP contribution is 2.12. The highest BCUT2D eigenvalue weighted by Gasteiger charge is 2.18. The second-order valence-electron chi connectivity index (χ2n) is 5.11. The summed E-state index contributed by atoms with van der Waals surface area (Å²) in [6.07, 6.45) is 5.44. The lowest BCUT2D eigenvalue weighted by Crippen LogP contribution is -2.43. The predicted molar refractivity (Wildman–Crippen MR) is 69.9 cm³/mol. The maximum absolute atomic E-state index is 5.43. The Hall–Kier alpha value is -0.800. The van der Waals surface area contributed by atoms with Crippen LogP contribution in [-0.4, -0.2) is 30.1 Å². The molecular weight excluding hydrogens is 212 g/mol. The Bertz CT molecular complexity index is 310. The van der Waals surface area contributed by atoms with Crippen molar-refractivity contribution >= 4 is 0 Å². The van der Waals surface area contributed by atoms with Crippen LogP contribution in [0.3, 0.4) is 0 Å². The molecule has 0 amide bonds. The van der Waals surface area contributed by atoms with E-state index in [0.29, 0.717) is 12.1 Å². The molecule has 1 aromatic rings. The van der Waals surface area contributed by atoms with Crippen molar-refractivity contribution < 1.29 is 4.42 Å². The summed E-state index contributed by atoms with van der Waals surface area (Å²) in [5, 5.41) is 3.70. The summed E-state index contributed by atoms with van der Waals surface area (Å²) in [5.74, 6) is 1.08. The SMILES string of the molecule is CCC1CCN(Cc2ccco2)CCC(C)N1. The summed E-state index contributed by atoms with van der Waals surface area (Å²) in [6, 6.07) is 5.33. The van der Waals surface area contributed by atoms with Crippen LogP contribution >= 0.6 is 0 Å². The molecule has 1 N–H and O–H groups in total. The summed E-state index contributed by atoms with van der Waals surface area (Å²) >= 11 is 0. The van der Waals surface area contributed by atoms with Gasteiger partial charge in [0.2, 0.25) is 0 Å². The van der Waals surface area contributed by atoms with Crippen LogP contribution in [0.1, 0.15) is 38.9 Å². The third-order valence-corrected chi connectivity index (χ3v) is 3.64. The topological polar surface area (TPSA) is 28.4 Å². The van der Waals surface area contributed by atoms with Crippen molar-refractivity contribution in [1.29, 1.82) is 0 Å². The molecule has 0 aliphatic carbocycles. The highest BCUT2D eigenvalue weighted by atomic mass is 16.3. The molecule has 0 saturated carbocycles. The first kappa shape index (κ1) is 12.7. The minimum Gasteiger partial charge on any atom is -0.468 e. The molecule has 1 aliphatic rings. The third kappa shape index (κ3) is 3.86. The molecule has 0 aromatic carbocycles. The van der Waals surface area contributed by atoms with E-state index in [2.05, 4.69) is 30.1 Å². The van der Waals surface area contributed by atoms with Crippen LogP contribution in [0.15, 0.2) is 22.8 Å². The quantitative estimate of drug-likeness (QED) is 0.874. The van der Waals surface area contributed by atoms with Crippen LogP contribution in [0, 0.1) is 0 Å². The molecule has 1 fully saturated rings. The zero-order valence-electron chi connectivity index (χ0n) is 11.0. The van der Waals surface area contributed by atoms with E-state index in [9.17, 15) is 0 Å². The van der Waals surface area contributed by atoms with Gasteiger partial charge in [-0.3, -0.25) is 4.90 Å². The maximum Gasteiger partial charge on any atom is 0.117 e. The standard InChI is InChI=1S/C14H24N2O/c1-3-13-7-9-16(8-6-12(2)15-13)11-14-5-4-10-17-14/h4-5,10,12-13,15H,3,6-9,11H2,1-2H3. The summed E-state index contributed by atoms with van der Waals surface area (Å²) in [5.41, 5.74) is 0. The first-order chi connectivity index (χ1) is 8.28. The van der Waals surface area contributed by atoms with Gasteiger partial charge in [0.05, 0.1) is 12.8 Å². The number of hydrogen-bond donors (Lipinski definition) is 1. The number of hydrogen-bond acceptors (Lipinski definition) is 3. The van der Waals surface area contributed by atoms with Gasteiger partial charge < -0.3 is 9.73 Å². The molecule has 17 heavy (non-hydrogen) atoms. The zero-order valence-corrected chi connectivity index (χ0v) is 11.0. The second-order valence-corrected chi connectivity index (χ2v) is 5.11. The Morgan fingerprint density at radius 3 is 2.94 bits per heavy atom. The molecule has 3 heteroatoms. The third-order valence-electron chi connectivity index (χ3n) is 3.64. The van der Waals surface area contributed by atoms with Crippen LogP contribution < -0.4 is 5.32 Å². The smallest absolute Gasteiger partial charge is 0.117 e. The Balaban J connectivity index is 1.89. The van der Waals surface area contributed by atoms with Gasteiger partial charge in [-0.2, -0.15) is 0 Å². The molecular formula is C14H24N2O. The molecule has 96 valence electrons. The molecule has 2 rings (SSSR count). The number of nitrogens with one attached hydrogen (secondary N) is 1. The van der Waals surface area contributed by atoms with Gasteiger partial charge in [-0.15, -0.1) is 0 Å². The number of nitrogens with zero attached hydrogens (tertiary/aromatic N) is 1. The highest BCUT2D eigenvalue weighted by molar-refractivity contribution is 4.98. The summed E-state index contributed by atoms with van der Waals surface area (Å²) < 4.78 is 5.43. The lowest BCUT2D eigenvalue weighted by Gasteiger charge is -2.31. The van der Waals surface area contributed by atoms with E-state index in [-0.39, 0.29) is 0 Å². The number of rotatable bonds is 3. The van der Waals surface area contributed by atoms with Crippen LogP contribution in [0.25, 0.3) is 0 Å². The molecule has 3 nitrogen and oxygen atoms in total. The summed E-state index contributed by atoms with van der Waals surface area (Å²) in [6.45, 7) is 7.84. The second kappa shape index (κ2) is 6.22. The normalized spacial score (nSPS) is 27.6. The average molecular weight is 236 g/mol. The van der Waals surface area contributed by atoms with Crippen LogP contribution in [0.4, 0.5) is 0 Å². The van der Waals surface area contributed by atoms with E-state index in [4.69, 9.17) is 4.42 Å². The average Bonchev–Trinajstić information content (AvgIpc) is 2.81. The van der Waals surface area contributed by atoms with E-state index in [1.165, 1.54) is 25.8 Å². The van der Waals surface area contributed by atoms with E-state index in [1.807, 2.05) is 6.07 Å². The molecule has 2 atom stereocenters.